The maximum Gasteiger partial charge on any atom is 0.168 e. The highest BCUT2D eigenvalue weighted by atomic mass is 16.1. The number of ketones is 1. The molecule has 100 valence electrons. The van der Waals surface area contributed by atoms with Crippen LogP contribution in [0.5, 0.6) is 0 Å². The van der Waals surface area contributed by atoms with Gasteiger partial charge in [0, 0.05) is 28.6 Å². The van der Waals surface area contributed by atoms with Crippen LogP contribution in [0.3, 0.4) is 0 Å². The molecule has 0 unspecified atom stereocenters. The van der Waals surface area contributed by atoms with E-state index in [4.69, 9.17) is 0 Å². The number of aryl methyl sites for hydroxylation is 1. The molecule has 1 aliphatic heterocycles. The Morgan fingerprint density at radius 1 is 1.32 bits per heavy atom. The van der Waals surface area contributed by atoms with E-state index in [1.54, 1.807) is 0 Å². The number of carbonyl (C=O) groups excluding carboxylic acids is 1. The van der Waals surface area contributed by atoms with Crippen molar-refractivity contribution in [1.82, 2.24) is 10.3 Å². The summed E-state index contributed by atoms with van der Waals surface area (Å²) in [6, 6.07) is 6.23. The first-order valence-electron chi connectivity index (χ1n) is 7.15. The molecule has 0 atom stereocenters. The molecular weight excluding hydrogens is 236 g/mol. The number of aromatic amines is 1. The Bertz CT molecular complexity index is 594. The number of fused-ring (bicyclic) bond motifs is 1. The number of rotatable bonds is 3. The van der Waals surface area contributed by atoms with E-state index in [2.05, 4.69) is 29.4 Å². The minimum atomic E-state index is 0.186. The highest BCUT2D eigenvalue weighted by Crippen LogP contribution is 2.26. The van der Waals surface area contributed by atoms with Gasteiger partial charge in [0.25, 0.3) is 0 Å². The van der Waals surface area contributed by atoms with Gasteiger partial charge in [0.05, 0.1) is 0 Å². The molecule has 0 saturated carbocycles. The average Bonchev–Trinajstić information content (AvgIpc) is 2.91. The van der Waals surface area contributed by atoms with Crippen LogP contribution in [-0.2, 0) is 6.42 Å². The lowest BCUT2D eigenvalue weighted by Gasteiger charge is -2.21. The van der Waals surface area contributed by atoms with Crippen LogP contribution < -0.4 is 5.32 Å². The van der Waals surface area contributed by atoms with Crippen molar-refractivity contribution >= 4 is 16.7 Å². The van der Waals surface area contributed by atoms with Gasteiger partial charge in [-0.3, -0.25) is 4.79 Å². The molecule has 1 fully saturated rings. The fourth-order valence-corrected chi connectivity index (χ4v) is 3.02. The lowest BCUT2D eigenvalue weighted by Crippen LogP contribution is -2.31. The number of hydrogen-bond acceptors (Lipinski definition) is 2. The third kappa shape index (κ3) is 2.19. The molecule has 1 aromatic carbocycles. The van der Waals surface area contributed by atoms with Gasteiger partial charge in [-0.1, -0.05) is 25.1 Å². The predicted octanol–water partition coefficient (Wildman–Crippen LogP) is 2.91. The highest BCUT2D eigenvalue weighted by Gasteiger charge is 2.24. The Morgan fingerprint density at radius 2 is 2.11 bits per heavy atom. The number of piperidine rings is 1. The summed E-state index contributed by atoms with van der Waals surface area (Å²) in [5.74, 6) is 0.492. The highest BCUT2D eigenvalue weighted by molar-refractivity contribution is 6.09. The molecule has 0 amide bonds. The topological polar surface area (TPSA) is 44.9 Å². The van der Waals surface area contributed by atoms with E-state index in [1.165, 1.54) is 5.56 Å². The van der Waals surface area contributed by atoms with E-state index in [0.717, 1.165) is 48.8 Å². The monoisotopic (exact) mass is 256 g/mol. The van der Waals surface area contributed by atoms with Crippen LogP contribution in [0.4, 0.5) is 0 Å². The summed E-state index contributed by atoms with van der Waals surface area (Å²) in [6.07, 6.45) is 4.80. The van der Waals surface area contributed by atoms with Crippen molar-refractivity contribution in [1.29, 1.82) is 0 Å². The smallest absolute Gasteiger partial charge is 0.168 e. The first-order chi connectivity index (χ1) is 9.31. The molecule has 2 N–H and O–H groups in total. The molecule has 0 bridgehead atoms. The van der Waals surface area contributed by atoms with Crippen molar-refractivity contribution in [2.75, 3.05) is 13.1 Å². The zero-order valence-electron chi connectivity index (χ0n) is 11.3. The summed E-state index contributed by atoms with van der Waals surface area (Å²) in [5, 5.41) is 4.40. The minimum absolute atomic E-state index is 0.186. The van der Waals surface area contributed by atoms with Crippen LogP contribution in [0, 0.1) is 5.92 Å². The van der Waals surface area contributed by atoms with Gasteiger partial charge in [-0.15, -0.1) is 0 Å². The second-order valence-electron chi connectivity index (χ2n) is 5.28. The van der Waals surface area contributed by atoms with Crippen molar-refractivity contribution < 1.29 is 4.79 Å². The van der Waals surface area contributed by atoms with Gasteiger partial charge < -0.3 is 10.3 Å². The van der Waals surface area contributed by atoms with Gasteiger partial charge in [-0.25, -0.2) is 0 Å². The second-order valence-corrected chi connectivity index (χ2v) is 5.28. The van der Waals surface area contributed by atoms with Gasteiger partial charge in [-0.2, -0.15) is 0 Å². The zero-order valence-corrected chi connectivity index (χ0v) is 11.3. The third-order valence-corrected chi connectivity index (χ3v) is 4.16. The summed E-state index contributed by atoms with van der Waals surface area (Å²) in [7, 11) is 0. The summed E-state index contributed by atoms with van der Waals surface area (Å²) >= 11 is 0. The predicted molar refractivity (Wildman–Crippen MR) is 77.6 cm³/mol. The molecule has 1 aliphatic rings. The lowest BCUT2D eigenvalue weighted by atomic mass is 9.89. The number of H-pyrrole nitrogens is 1. The van der Waals surface area contributed by atoms with Crippen LogP contribution in [0.2, 0.25) is 0 Å². The Morgan fingerprint density at radius 3 is 2.84 bits per heavy atom. The van der Waals surface area contributed by atoms with Crippen LogP contribution in [0.25, 0.3) is 10.9 Å². The van der Waals surface area contributed by atoms with Crippen molar-refractivity contribution in [2.45, 2.75) is 26.2 Å². The maximum atomic E-state index is 12.6. The number of carbonyl (C=O) groups is 1. The SMILES string of the molecule is CCc1cccc2c(C(=O)C3CCNCC3)c[nH]c12. The molecular formula is C16H20N2O. The van der Waals surface area contributed by atoms with Gasteiger partial charge in [0.15, 0.2) is 5.78 Å². The first-order valence-corrected chi connectivity index (χ1v) is 7.15. The van der Waals surface area contributed by atoms with E-state index >= 15 is 0 Å². The van der Waals surface area contributed by atoms with E-state index in [9.17, 15) is 4.79 Å². The molecule has 0 spiro atoms. The van der Waals surface area contributed by atoms with Gasteiger partial charge in [-0.05, 0) is 37.9 Å². The molecule has 3 heteroatoms. The zero-order chi connectivity index (χ0) is 13.2. The number of Topliss-reactive ketones (excluding diaryl/α,β-unsaturated/α-hetero) is 1. The number of para-hydroxylation sites is 1. The molecule has 19 heavy (non-hydrogen) atoms. The van der Waals surface area contributed by atoms with E-state index in [1.807, 2.05) is 12.3 Å². The molecule has 0 radical (unpaired) electrons. The quantitative estimate of drug-likeness (QED) is 0.829. The normalized spacial score (nSPS) is 16.9. The van der Waals surface area contributed by atoms with Gasteiger partial charge in [0.2, 0.25) is 0 Å². The molecule has 2 heterocycles. The molecule has 1 aromatic heterocycles. The van der Waals surface area contributed by atoms with Crippen molar-refractivity contribution in [3.05, 3.63) is 35.5 Å². The number of benzene rings is 1. The van der Waals surface area contributed by atoms with Crippen LogP contribution in [-0.4, -0.2) is 23.9 Å². The maximum absolute atomic E-state index is 12.6. The van der Waals surface area contributed by atoms with Gasteiger partial charge >= 0.3 is 0 Å². The Hall–Kier alpha value is -1.61. The van der Waals surface area contributed by atoms with Crippen LogP contribution in [0.15, 0.2) is 24.4 Å². The summed E-state index contributed by atoms with van der Waals surface area (Å²) in [6.45, 7) is 4.06. The second kappa shape index (κ2) is 5.17. The lowest BCUT2D eigenvalue weighted by molar-refractivity contribution is 0.0897. The van der Waals surface area contributed by atoms with Crippen molar-refractivity contribution in [2.24, 2.45) is 5.92 Å². The first kappa shape index (κ1) is 12.4. The largest absolute Gasteiger partial charge is 0.360 e. The van der Waals surface area contributed by atoms with E-state index in [-0.39, 0.29) is 5.92 Å². The summed E-state index contributed by atoms with van der Waals surface area (Å²) < 4.78 is 0. The van der Waals surface area contributed by atoms with Crippen molar-refractivity contribution in [3.63, 3.8) is 0 Å². The fourth-order valence-electron chi connectivity index (χ4n) is 3.02. The molecule has 3 rings (SSSR count). The number of nitrogens with one attached hydrogen (secondary N) is 2. The molecule has 3 nitrogen and oxygen atoms in total. The minimum Gasteiger partial charge on any atom is -0.360 e. The number of hydrogen-bond donors (Lipinski definition) is 2. The number of aromatic nitrogens is 1. The van der Waals surface area contributed by atoms with Crippen LogP contribution in [0.1, 0.15) is 35.7 Å². The van der Waals surface area contributed by atoms with E-state index in [0.29, 0.717) is 5.78 Å². The molecule has 0 aliphatic carbocycles. The summed E-state index contributed by atoms with van der Waals surface area (Å²) in [4.78, 5) is 15.9. The fraction of sp³-hybridized carbons (Fsp3) is 0.438. The molecule has 2 aromatic rings. The Balaban J connectivity index is 1.98. The van der Waals surface area contributed by atoms with Crippen molar-refractivity contribution in [3.8, 4) is 0 Å². The average molecular weight is 256 g/mol. The Kier molecular flexibility index (Phi) is 3.38. The van der Waals surface area contributed by atoms with Gasteiger partial charge in [0.1, 0.15) is 0 Å². The molecule has 1 saturated heterocycles. The summed E-state index contributed by atoms with van der Waals surface area (Å²) in [5.41, 5.74) is 3.28. The Labute approximate surface area is 113 Å². The standard InChI is InChI=1S/C16H20N2O/c1-2-11-4-3-5-13-14(10-18-15(11)13)16(19)12-6-8-17-9-7-12/h3-5,10,12,17-18H,2,6-9H2,1H3. The van der Waals surface area contributed by atoms with E-state index < -0.39 is 0 Å². The third-order valence-electron chi connectivity index (χ3n) is 4.16. The van der Waals surface area contributed by atoms with Crippen LogP contribution >= 0.6 is 0 Å².